The summed E-state index contributed by atoms with van der Waals surface area (Å²) in [7, 11) is 1.70. The van der Waals surface area contributed by atoms with E-state index >= 15 is 0 Å². The lowest BCUT2D eigenvalue weighted by Crippen LogP contribution is -2.41. The van der Waals surface area contributed by atoms with Crippen LogP contribution in [0.4, 0.5) is 16.0 Å². The molecular formula is C28H34FN5O2. The lowest BCUT2D eigenvalue weighted by molar-refractivity contribution is 0.0390. The van der Waals surface area contributed by atoms with Crippen LogP contribution in [0, 0.1) is 5.82 Å². The maximum Gasteiger partial charge on any atom is 0.255 e. The van der Waals surface area contributed by atoms with E-state index in [0.717, 1.165) is 18.3 Å². The molecule has 0 N–H and O–H groups in total. The van der Waals surface area contributed by atoms with Crippen molar-refractivity contribution in [1.82, 2.24) is 14.5 Å². The summed E-state index contributed by atoms with van der Waals surface area (Å²) in [6.07, 6.45) is 9.01. The van der Waals surface area contributed by atoms with Crippen LogP contribution >= 0.6 is 0 Å². The molecule has 2 aromatic heterocycles. The average molecular weight is 492 g/mol. The largest absolute Gasteiger partial charge is 0.370 e. The van der Waals surface area contributed by atoms with Crippen LogP contribution in [0.15, 0.2) is 53.6 Å². The molecule has 3 heterocycles. The van der Waals surface area contributed by atoms with Crippen molar-refractivity contribution in [2.24, 2.45) is 7.05 Å². The number of pyridine rings is 1. The third-order valence-electron chi connectivity index (χ3n) is 7.46. The topological polar surface area (TPSA) is 63.5 Å². The van der Waals surface area contributed by atoms with Crippen LogP contribution in [0.3, 0.4) is 0 Å². The Morgan fingerprint density at radius 2 is 1.92 bits per heavy atom. The van der Waals surface area contributed by atoms with E-state index in [2.05, 4.69) is 46.1 Å². The molecule has 7 nitrogen and oxygen atoms in total. The van der Waals surface area contributed by atoms with E-state index in [1.807, 2.05) is 4.90 Å². The van der Waals surface area contributed by atoms with E-state index in [9.17, 15) is 9.18 Å². The number of hydrogen-bond donors (Lipinski definition) is 0. The predicted molar refractivity (Wildman–Crippen MR) is 140 cm³/mol. The van der Waals surface area contributed by atoms with Gasteiger partial charge in [0.25, 0.3) is 5.56 Å². The molecule has 1 saturated heterocycles. The second-order valence-electron chi connectivity index (χ2n) is 9.67. The van der Waals surface area contributed by atoms with Crippen LogP contribution < -0.4 is 15.4 Å². The molecule has 3 aromatic rings. The molecule has 1 aliphatic heterocycles. The molecule has 5 rings (SSSR count). The molecular weight excluding hydrogens is 457 g/mol. The Morgan fingerprint density at radius 1 is 1.14 bits per heavy atom. The van der Waals surface area contributed by atoms with Crippen LogP contribution in [-0.2, 0) is 11.8 Å². The quantitative estimate of drug-likeness (QED) is 0.497. The van der Waals surface area contributed by atoms with Gasteiger partial charge < -0.3 is 14.5 Å². The van der Waals surface area contributed by atoms with Gasteiger partial charge in [0, 0.05) is 49.7 Å². The molecule has 36 heavy (non-hydrogen) atoms. The molecule has 1 atom stereocenters. The van der Waals surface area contributed by atoms with E-state index in [-0.39, 0.29) is 17.2 Å². The second kappa shape index (κ2) is 10.8. The maximum absolute atomic E-state index is 14.4. The Labute approximate surface area is 211 Å². The van der Waals surface area contributed by atoms with Crippen LogP contribution in [0.5, 0.6) is 0 Å². The minimum atomic E-state index is -0.501. The monoisotopic (exact) mass is 491 g/mol. The Hall–Kier alpha value is -3.26. The van der Waals surface area contributed by atoms with Crippen molar-refractivity contribution in [2.45, 2.75) is 51.2 Å². The fraction of sp³-hybridized carbons (Fsp3) is 0.464. The smallest absolute Gasteiger partial charge is 0.255 e. The summed E-state index contributed by atoms with van der Waals surface area (Å²) in [6.45, 7) is 4.91. The van der Waals surface area contributed by atoms with Crippen LogP contribution in [0.2, 0.25) is 0 Å². The standard InChI is InChI=1S/C28H34FN5O2/c1-3-34(21-7-5-4-6-8-21)22-11-9-20(10-12-22)26-19-33(15-16-36-26)28-31-25(17-27(35)32(28)2)23-13-14-30-18-24(23)29/h9-14,17-18,21,26H,3-8,15-16,19H2,1-2H3/t26-/m1/s1. The van der Waals surface area contributed by atoms with Crippen LogP contribution in [0.1, 0.15) is 50.7 Å². The lowest BCUT2D eigenvalue weighted by Gasteiger charge is -2.36. The van der Waals surface area contributed by atoms with Crippen LogP contribution in [-0.4, -0.2) is 46.8 Å². The Morgan fingerprint density at radius 3 is 2.64 bits per heavy atom. The minimum absolute atomic E-state index is 0.143. The normalized spacial score (nSPS) is 18.9. The average Bonchev–Trinajstić information content (AvgIpc) is 2.92. The van der Waals surface area contributed by atoms with E-state index in [0.29, 0.717) is 37.4 Å². The molecule has 8 heteroatoms. The molecule has 2 fully saturated rings. The number of morpholine rings is 1. The highest BCUT2D eigenvalue weighted by Crippen LogP contribution is 2.31. The molecule has 0 bridgehead atoms. The number of benzene rings is 1. The number of halogens is 1. The highest BCUT2D eigenvalue weighted by molar-refractivity contribution is 5.60. The van der Waals surface area contributed by atoms with Gasteiger partial charge >= 0.3 is 0 Å². The number of rotatable bonds is 6. The fourth-order valence-corrected chi connectivity index (χ4v) is 5.49. The van der Waals surface area contributed by atoms with E-state index < -0.39 is 5.82 Å². The van der Waals surface area contributed by atoms with Gasteiger partial charge in [-0.1, -0.05) is 31.4 Å². The zero-order chi connectivity index (χ0) is 25.1. The summed E-state index contributed by atoms with van der Waals surface area (Å²) < 4.78 is 22.0. The number of anilines is 2. The molecule has 190 valence electrons. The molecule has 0 unspecified atom stereocenters. The van der Waals surface area contributed by atoms with Crippen molar-refractivity contribution in [1.29, 1.82) is 0 Å². The van der Waals surface area contributed by atoms with Crippen molar-refractivity contribution in [3.8, 4) is 11.3 Å². The second-order valence-corrected chi connectivity index (χ2v) is 9.67. The summed E-state index contributed by atoms with van der Waals surface area (Å²) in [5.74, 6) is 0.00610. The van der Waals surface area contributed by atoms with Crippen molar-refractivity contribution in [3.05, 3.63) is 70.5 Å². The van der Waals surface area contributed by atoms with Gasteiger partial charge in [0.15, 0.2) is 5.82 Å². The van der Waals surface area contributed by atoms with E-state index in [1.54, 1.807) is 7.05 Å². The zero-order valence-corrected chi connectivity index (χ0v) is 21.1. The van der Waals surface area contributed by atoms with Gasteiger partial charge in [-0.25, -0.2) is 9.37 Å². The summed E-state index contributed by atoms with van der Waals surface area (Å²) in [5.41, 5.74) is 2.70. The molecule has 0 radical (unpaired) electrons. The Kier molecular flexibility index (Phi) is 7.32. The van der Waals surface area contributed by atoms with Crippen molar-refractivity contribution >= 4 is 11.6 Å². The van der Waals surface area contributed by atoms with E-state index in [4.69, 9.17) is 4.74 Å². The maximum atomic E-state index is 14.4. The van der Waals surface area contributed by atoms with E-state index in [1.165, 1.54) is 60.7 Å². The SMILES string of the molecule is CCN(c1ccc([C@H]2CN(c3nc(-c4ccncc4F)cc(=O)n3C)CCO2)cc1)C1CCCCC1. The first-order valence-electron chi connectivity index (χ1n) is 13.0. The Balaban J connectivity index is 1.36. The number of ether oxygens (including phenoxy) is 1. The third kappa shape index (κ3) is 5.00. The van der Waals surface area contributed by atoms with Gasteiger partial charge in [-0.05, 0) is 43.5 Å². The first-order chi connectivity index (χ1) is 17.5. The minimum Gasteiger partial charge on any atom is -0.370 e. The first kappa shape index (κ1) is 24.4. The van der Waals surface area contributed by atoms with Crippen molar-refractivity contribution in [3.63, 3.8) is 0 Å². The predicted octanol–water partition coefficient (Wildman–Crippen LogP) is 4.72. The van der Waals surface area contributed by atoms with Gasteiger partial charge in [0.1, 0.15) is 6.10 Å². The Bertz CT molecular complexity index is 1240. The summed E-state index contributed by atoms with van der Waals surface area (Å²) in [6, 6.07) is 12.3. The fourth-order valence-electron chi connectivity index (χ4n) is 5.49. The summed E-state index contributed by atoms with van der Waals surface area (Å²) in [5, 5.41) is 0. The van der Waals surface area contributed by atoms with Crippen molar-refractivity contribution in [2.75, 3.05) is 36.0 Å². The van der Waals surface area contributed by atoms with Gasteiger partial charge in [0.05, 0.1) is 25.0 Å². The molecule has 1 aromatic carbocycles. The van der Waals surface area contributed by atoms with Gasteiger partial charge in [-0.15, -0.1) is 0 Å². The molecule has 2 aliphatic rings. The molecule has 0 spiro atoms. The number of aromatic nitrogens is 3. The number of nitrogens with zero attached hydrogens (tertiary/aromatic N) is 5. The molecule has 1 saturated carbocycles. The van der Waals surface area contributed by atoms with Gasteiger partial charge in [-0.3, -0.25) is 14.3 Å². The van der Waals surface area contributed by atoms with Crippen molar-refractivity contribution < 1.29 is 9.13 Å². The van der Waals surface area contributed by atoms with Gasteiger partial charge in [0.2, 0.25) is 5.95 Å². The van der Waals surface area contributed by atoms with Gasteiger partial charge in [-0.2, -0.15) is 0 Å². The number of hydrogen-bond acceptors (Lipinski definition) is 6. The van der Waals surface area contributed by atoms with Crippen LogP contribution in [0.25, 0.3) is 11.3 Å². The third-order valence-corrected chi connectivity index (χ3v) is 7.46. The summed E-state index contributed by atoms with van der Waals surface area (Å²) in [4.78, 5) is 25.8. The lowest BCUT2D eigenvalue weighted by atomic mass is 9.93. The zero-order valence-electron chi connectivity index (χ0n) is 21.1. The summed E-state index contributed by atoms with van der Waals surface area (Å²) >= 11 is 0. The molecule has 1 aliphatic carbocycles. The molecule has 0 amide bonds. The highest BCUT2D eigenvalue weighted by atomic mass is 19.1. The highest BCUT2D eigenvalue weighted by Gasteiger charge is 2.26. The first-order valence-corrected chi connectivity index (χ1v) is 13.0.